The Labute approximate surface area is 189 Å². The van der Waals surface area contributed by atoms with Gasteiger partial charge in [-0.05, 0) is 30.5 Å². The average Bonchev–Trinajstić information content (AvgIpc) is 2.66. The minimum absolute atomic E-state index is 0. The van der Waals surface area contributed by atoms with Crippen LogP contribution in [0.1, 0.15) is 18.1 Å². The molecule has 29 heavy (non-hydrogen) atoms. The summed E-state index contributed by atoms with van der Waals surface area (Å²) in [5, 5.41) is 6.79. The van der Waals surface area contributed by atoms with Gasteiger partial charge in [0.1, 0.15) is 5.15 Å². The Morgan fingerprint density at radius 1 is 1.10 bits per heavy atom. The maximum atomic E-state index is 12.1. The van der Waals surface area contributed by atoms with Gasteiger partial charge in [-0.25, -0.2) is 15.0 Å². The van der Waals surface area contributed by atoms with Gasteiger partial charge in [-0.1, -0.05) is 23.7 Å². The maximum Gasteiger partial charge on any atom is 0.422 e. The van der Waals surface area contributed by atoms with Crippen molar-refractivity contribution >= 4 is 41.5 Å². The Hall–Kier alpha value is -1.82. The van der Waals surface area contributed by atoms with Crippen LogP contribution in [0.3, 0.4) is 0 Å². The molecule has 11 heteroatoms. The second kappa shape index (κ2) is 12.7. The molecule has 0 aliphatic carbocycles. The monoisotopic (exact) mass is 543 g/mol. The lowest BCUT2D eigenvalue weighted by Gasteiger charge is -2.11. The maximum absolute atomic E-state index is 12.1. The van der Waals surface area contributed by atoms with Crippen molar-refractivity contribution in [1.82, 2.24) is 20.6 Å². The molecule has 2 N–H and O–H groups in total. The van der Waals surface area contributed by atoms with E-state index in [4.69, 9.17) is 11.6 Å². The van der Waals surface area contributed by atoms with Gasteiger partial charge in [0.15, 0.2) is 12.6 Å². The molecule has 0 amide bonds. The van der Waals surface area contributed by atoms with Gasteiger partial charge >= 0.3 is 6.18 Å². The second-order valence-electron chi connectivity index (χ2n) is 5.77. The third kappa shape index (κ3) is 10.5. The van der Waals surface area contributed by atoms with E-state index in [1.807, 2.05) is 13.0 Å². The zero-order valence-electron chi connectivity index (χ0n) is 15.7. The number of aromatic nitrogens is 2. The van der Waals surface area contributed by atoms with E-state index < -0.39 is 12.8 Å². The zero-order valence-corrected chi connectivity index (χ0v) is 18.8. The van der Waals surface area contributed by atoms with E-state index in [-0.39, 0.29) is 29.9 Å². The SMILES string of the molecule is CCNC(=NCc1ccc(OCC(F)(F)F)nc1)NCCc1ccc(Cl)nc1.I. The molecule has 2 rings (SSSR count). The molecule has 0 fully saturated rings. The minimum atomic E-state index is -4.39. The summed E-state index contributed by atoms with van der Waals surface area (Å²) < 4.78 is 41.0. The summed E-state index contributed by atoms with van der Waals surface area (Å²) in [6, 6.07) is 6.68. The number of ether oxygens (including phenoxy) is 1. The molecule has 6 nitrogen and oxygen atoms in total. The van der Waals surface area contributed by atoms with Crippen molar-refractivity contribution in [3.8, 4) is 5.88 Å². The molecule has 0 radical (unpaired) electrons. The Morgan fingerprint density at radius 2 is 1.83 bits per heavy atom. The molecular weight excluding hydrogens is 522 g/mol. The molecule has 2 aromatic rings. The van der Waals surface area contributed by atoms with E-state index in [1.165, 1.54) is 12.3 Å². The molecule has 0 saturated carbocycles. The Bertz CT molecular complexity index is 758. The quantitative estimate of drug-likeness (QED) is 0.228. The number of hydrogen-bond acceptors (Lipinski definition) is 4. The Balaban J connectivity index is 0.00000420. The molecule has 2 aromatic heterocycles. The summed E-state index contributed by atoms with van der Waals surface area (Å²) >= 11 is 5.77. The van der Waals surface area contributed by atoms with E-state index in [0.29, 0.717) is 30.7 Å². The summed E-state index contributed by atoms with van der Waals surface area (Å²) in [5.74, 6) is 0.550. The highest BCUT2D eigenvalue weighted by atomic mass is 127. The van der Waals surface area contributed by atoms with Gasteiger partial charge in [-0.3, -0.25) is 0 Å². The highest BCUT2D eigenvalue weighted by molar-refractivity contribution is 14.0. The third-order valence-electron chi connectivity index (χ3n) is 3.44. The Kier molecular flexibility index (Phi) is 11.0. The van der Waals surface area contributed by atoms with E-state index in [1.54, 1.807) is 18.3 Å². The number of alkyl halides is 3. The van der Waals surface area contributed by atoms with Crippen LogP contribution in [0, 0.1) is 0 Å². The van der Waals surface area contributed by atoms with Gasteiger partial charge in [-0.2, -0.15) is 13.2 Å². The molecule has 160 valence electrons. The summed E-state index contributed by atoms with van der Waals surface area (Å²) in [4.78, 5) is 12.3. The largest absolute Gasteiger partial charge is 0.468 e. The van der Waals surface area contributed by atoms with Crippen LogP contribution < -0.4 is 15.4 Å². The van der Waals surface area contributed by atoms with Gasteiger partial charge in [0, 0.05) is 31.5 Å². The first-order valence-corrected chi connectivity index (χ1v) is 9.00. The fourth-order valence-electron chi connectivity index (χ4n) is 2.14. The van der Waals surface area contributed by atoms with Crippen LogP contribution in [0.2, 0.25) is 5.15 Å². The number of rotatable bonds is 8. The predicted octanol–water partition coefficient (Wildman–Crippen LogP) is 3.99. The van der Waals surface area contributed by atoms with Gasteiger partial charge in [-0.15, -0.1) is 24.0 Å². The number of hydrogen-bond donors (Lipinski definition) is 2. The fourth-order valence-corrected chi connectivity index (χ4v) is 2.25. The van der Waals surface area contributed by atoms with Gasteiger partial charge in [0.2, 0.25) is 5.88 Å². The van der Waals surface area contributed by atoms with Crippen LogP contribution in [0.15, 0.2) is 41.7 Å². The van der Waals surface area contributed by atoms with E-state index in [2.05, 4.69) is 30.3 Å². The summed E-state index contributed by atoms with van der Waals surface area (Å²) in [6.45, 7) is 2.25. The molecule has 2 heterocycles. The third-order valence-corrected chi connectivity index (χ3v) is 3.66. The standard InChI is InChI=1S/C18H21ClF3N5O.HI/c1-2-23-17(24-8-7-13-3-5-15(19)25-9-13)27-11-14-4-6-16(26-10-14)28-12-18(20,21)22;/h3-6,9-10H,2,7-8,11-12H2,1H3,(H2,23,24,27);1H. The van der Waals surface area contributed by atoms with Crippen molar-refractivity contribution in [1.29, 1.82) is 0 Å². The lowest BCUT2D eigenvalue weighted by atomic mass is 10.2. The molecule has 0 atom stereocenters. The number of halogens is 5. The lowest BCUT2D eigenvalue weighted by molar-refractivity contribution is -0.154. The molecule has 0 aromatic carbocycles. The summed E-state index contributed by atoms with van der Waals surface area (Å²) in [6.07, 6.45) is -0.471. The van der Waals surface area contributed by atoms with Gasteiger partial charge in [0.05, 0.1) is 6.54 Å². The summed E-state index contributed by atoms with van der Waals surface area (Å²) in [5.41, 5.74) is 1.80. The topological polar surface area (TPSA) is 71.4 Å². The number of guanidine groups is 1. The molecule has 0 spiro atoms. The van der Waals surface area contributed by atoms with Crippen molar-refractivity contribution < 1.29 is 17.9 Å². The van der Waals surface area contributed by atoms with Crippen molar-refractivity contribution in [2.24, 2.45) is 4.99 Å². The fraction of sp³-hybridized carbons (Fsp3) is 0.389. The highest BCUT2D eigenvalue weighted by Crippen LogP contribution is 2.17. The van der Waals surface area contributed by atoms with Gasteiger partial charge in [0.25, 0.3) is 0 Å². The van der Waals surface area contributed by atoms with Crippen LogP contribution in [0.4, 0.5) is 13.2 Å². The smallest absolute Gasteiger partial charge is 0.422 e. The number of nitrogens with one attached hydrogen (secondary N) is 2. The van der Waals surface area contributed by atoms with Crippen LogP contribution in [0.5, 0.6) is 5.88 Å². The van der Waals surface area contributed by atoms with Crippen molar-refractivity contribution in [2.75, 3.05) is 19.7 Å². The molecule has 0 bridgehead atoms. The van der Waals surface area contributed by atoms with E-state index in [9.17, 15) is 13.2 Å². The van der Waals surface area contributed by atoms with Crippen LogP contribution in [-0.2, 0) is 13.0 Å². The summed E-state index contributed by atoms with van der Waals surface area (Å²) in [7, 11) is 0. The predicted molar refractivity (Wildman–Crippen MR) is 117 cm³/mol. The second-order valence-corrected chi connectivity index (χ2v) is 6.16. The van der Waals surface area contributed by atoms with Crippen molar-refractivity contribution in [3.05, 3.63) is 52.9 Å². The van der Waals surface area contributed by atoms with Gasteiger partial charge < -0.3 is 15.4 Å². The van der Waals surface area contributed by atoms with Crippen molar-refractivity contribution in [2.45, 2.75) is 26.1 Å². The number of nitrogens with zero attached hydrogens (tertiary/aromatic N) is 3. The number of pyridine rings is 2. The van der Waals surface area contributed by atoms with E-state index in [0.717, 1.165) is 17.5 Å². The average molecular weight is 544 g/mol. The zero-order chi connectivity index (χ0) is 20.4. The Morgan fingerprint density at radius 3 is 2.41 bits per heavy atom. The first-order valence-electron chi connectivity index (χ1n) is 8.63. The molecule has 0 unspecified atom stereocenters. The molecule has 0 saturated heterocycles. The van der Waals surface area contributed by atoms with Crippen LogP contribution in [0.25, 0.3) is 0 Å². The minimum Gasteiger partial charge on any atom is -0.468 e. The lowest BCUT2D eigenvalue weighted by Crippen LogP contribution is -2.38. The normalized spacial score (nSPS) is 11.6. The van der Waals surface area contributed by atoms with Crippen LogP contribution >= 0.6 is 35.6 Å². The molecular formula is C18H22ClF3IN5O. The highest BCUT2D eigenvalue weighted by Gasteiger charge is 2.28. The first kappa shape index (κ1) is 25.2. The first-order chi connectivity index (χ1) is 13.4. The number of aliphatic imine (C=N–C) groups is 1. The molecule has 0 aliphatic heterocycles. The van der Waals surface area contributed by atoms with Crippen LogP contribution in [-0.4, -0.2) is 41.8 Å². The molecule has 0 aliphatic rings. The van der Waals surface area contributed by atoms with Crippen molar-refractivity contribution in [3.63, 3.8) is 0 Å². The van der Waals surface area contributed by atoms with E-state index >= 15 is 0 Å².